The average molecular weight is 467 g/mol. The van der Waals surface area contributed by atoms with Crippen LogP contribution in [0.5, 0.6) is 0 Å². The predicted molar refractivity (Wildman–Crippen MR) is 125 cm³/mol. The maximum atomic E-state index is 13.1. The minimum Gasteiger partial charge on any atom is -0.480 e. The fourth-order valence-corrected chi connectivity index (χ4v) is 5.08. The van der Waals surface area contributed by atoms with Gasteiger partial charge in [0.2, 0.25) is 5.91 Å². The molecule has 180 valence electrons. The minimum atomic E-state index is -1.23. The molecule has 8 heteroatoms. The molecular weight excluding hydrogens is 436 g/mol. The molecule has 2 amide bonds. The SMILES string of the molecule is O=C(NC1(C(=O)N[C@@H](CCO)C(=O)O)CCCCC1)OCC1c2ccccc2-c2ccccc21. The number of carboxylic acid groups (broad SMARTS) is 1. The first-order valence-electron chi connectivity index (χ1n) is 11.7. The zero-order valence-corrected chi connectivity index (χ0v) is 19.0. The molecule has 1 atom stereocenters. The number of carbonyl (C=O) groups excluding carboxylic acids is 2. The van der Waals surface area contributed by atoms with Crippen LogP contribution in [0.25, 0.3) is 11.1 Å². The maximum Gasteiger partial charge on any atom is 0.408 e. The number of hydrogen-bond donors (Lipinski definition) is 4. The summed E-state index contributed by atoms with van der Waals surface area (Å²) in [5.74, 6) is -1.88. The number of aliphatic hydroxyl groups is 1. The van der Waals surface area contributed by atoms with Crippen LogP contribution in [0.15, 0.2) is 48.5 Å². The van der Waals surface area contributed by atoms with Crippen molar-refractivity contribution in [2.24, 2.45) is 0 Å². The molecule has 0 aromatic heterocycles. The molecule has 2 aromatic rings. The largest absolute Gasteiger partial charge is 0.480 e. The topological polar surface area (TPSA) is 125 Å². The van der Waals surface area contributed by atoms with Crippen molar-refractivity contribution in [3.63, 3.8) is 0 Å². The second-order valence-electron chi connectivity index (χ2n) is 8.97. The monoisotopic (exact) mass is 466 g/mol. The number of carbonyl (C=O) groups is 3. The molecule has 0 heterocycles. The number of carboxylic acids is 1. The van der Waals surface area contributed by atoms with E-state index in [1.54, 1.807) is 0 Å². The van der Waals surface area contributed by atoms with E-state index in [1.807, 2.05) is 36.4 Å². The molecule has 1 fully saturated rings. The number of benzene rings is 2. The highest BCUT2D eigenvalue weighted by Gasteiger charge is 2.43. The zero-order chi connectivity index (χ0) is 24.1. The van der Waals surface area contributed by atoms with E-state index < -0.39 is 29.6 Å². The van der Waals surface area contributed by atoms with Crippen molar-refractivity contribution in [1.82, 2.24) is 10.6 Å². The Morgan fingerprint density at radius 2 is 1.56 bits per heavy atom. The molecule has 2 aliphatic rings. The van der Waals surface area contributed by atoms with Crippen molar-refractivity contribution < 1.29 is 29.3 Å². The third kappa shape index (κ3) is 4.77. The van der Waals surface area contributed by atoms with E-state index in [1.165, 1.54) is 0 Å². The second kappa shape index (κ2) is 10.3. The fourth-order valence-electron chi connectivity index (χ4n) is 5.08. The van der Waals surface area contributed by atoms with Crippen molar-refractivity contribution in [3.05, 3.63) is 59.7 Å². The van der Waals surface area contributed by atoms with Crippen LogP contribution < -0.4 is 10.6 Å². The van der Waals surface area contributed by atoms with Gasteiger partial charge in [0.25, 0.3) is 0 Å². The lowest BCUT2D eigenvalue weighted by Gasteiger charge is -2.37. The summed E-state index contributed by atoms with van der Waals surface area (Å²) in [5.41, 5.74) is 3.20. The molecule has 2 aliphatic carbocycles. The number of nitrogens with one attached hydrogen (secondary N) is 2. The Kier molecular flexibility index (Phi) is 7.17. The Morgan fingerprint density at radius 1 is 0.971 bits per heavy atom. The van der Waals surface area contributed by atoms with Crippen molar-refractivity contribution in [3.8, 4) is 11.1 Å². The van der Waals surface area contributed by atoms with Gasteiger partial charge in [0.1, 0.15) is 18.2 Å². The predicted octanol–water partition coefficient (Wildman–Crippen LogP) is 3.18. The van der Waals surface area contributed by atoms with E-state index in [9.17, 15) is 19.5 Å². The number of ether oxygens (including phenoxy) is 1. The van der Waals surface area contributed by atoms with Crippen LogP contribution in [0.4, 0.5) is 4.79 Å². The quantitative estimate of drug-likeness (QED) is 0.474. The van der Waals surface area contributed by atoms with Crippen LogP contribution in [-0.2, 0) is 14.3 Å². The van der Waals surface area contributed by atoms with Crippen molar-refractivity contribution in [1.29, 1.82) is 0 Å². The van der Waals surface area contributed by atoms with Gasteiger partial charge in [0, 0.05) is 18.9 Å². The molecule has 0 unspecified atom stereocenters. The van der Waals surface area contributed by atoms with Gasteiger partial charge in [-0.15, -0.1) is 0 Å². The van der Waals surface area contributed by atoms with Crippen LogP contribution in [0.1, 0.15) is 55.6 Å². The number of alkyl carbamates (subject to hydrolysis) is 1. The number of hydrogen-bond acceptors (Lipinski definition) is 5. The molecule has 4 N–H and O–H groups in total. The highest BCUT2D eigenvalue weighted by Crippen LogP contribution is 2.44. The van der Waals surface area contributed by atoms with Gasteiger partial charge in [-0.2, -0.15) is 0 Å². The molecule has 1 saturated carbocycles. The normalized spacial score (nSPS) is 17.2. The Bertz CT molecular complexity index is 1020. The Balaban J connectivity index is 1.46. The second-order valence-corrected chi connectivity index (χ2v) is 8.97. The summed E-state index contributed by atoms with van der Waals surface area (Å²) in [4.78, 5) is 37.4. The Morgan fingerprint density at radius 3 is 2.12 bits per heavy atom. The van der Waals surface area contributed by atoms with Gasteiger partial charge < -0.3 is 25.6 Å². The lowest BCUT2D eigenvalue weighted by atomic mass is 9.80. The van der Waals surface area contributed by atoms with Crippen molar-refractivity contribution >= 4 is 18.0 Å². The molecular formula is C26H30N2O6. The zero-order valence-electron chi connectivity index (χ0n) is 19.0. The smallest absolute Gasteiger partial charge is 0.408 e. The first-order chi connectivity index (χ1) is 16.4. The number of amides is 2. The van der Waals surface area contributed by atoms with E-state index in [2.05, 4.69) is 22.8 Å². The summed E-state index contributed by atoms with van der Waals surface area (Å²) in [6, 6.07) is 14.8. The maximum absolute atomic E-state index is 13.1. The highest BCUT2D eigenvalue weighted by atomic mass is 16.5. The van der Waals surface area contributed by atoms with Crippen molar-refractivity contribution in [2.75, 3.05) is 13.2 Å². The molecule has 34 heavy (non-hydrogen) atoms. The molecule has 8 nitrogen and oxygen atoms in total. The number of aliphatic hydroxyl groups excluding tert-OH is 1. The van der Waals surface area contributed by atoms with Gasteiger partial charge in [-0.1, -0.05) is 67.8 Å². The summed E-state index contributed by atoms with van der Waals surface area (Å²) < 4.78 is 5.63. The number of aliphatic carboxylic acids is 1. The van der Waals surface area contributed by atoms with Gasteiger partial charge >= 0.3 is 12.1 Å². The van der Waals surface area contributed by atoms with Gasteiger partial charge in [-0.25, -0.2) is 9.59 Å². The van der Waals surface area contributed by atoms with E-state index in [-0.39, 0.29) is 25.6 Å². The fraction of sp³-hybridized carbons (Fsp3) is 0.423. The van der Waals surface area contributed by atoms with Gasteiger partial charge in [-0.3, -0.25) is 4.79 Å². The Labute approximate surface area is 198 Å². The molecule has 2 aromatic carbocycles. The van der Waals surface area contributed by atoms with Gasteiger partial charge in [-0.05, 0) is 35.1 Å². The van der Waals surface area contributed by atoms with Crippen LogP contribution >= 0.6 is 0 Å². The number of fused-ring (bicyclic) bond motifs is 3. The summed E-state index contributed by atoms with van der Waals surface area (Å²) in [6.07, 6.45) is 2.38. The van der Waals surface area contributed by atoms with Gasteiger partial charge in [0.05, 0.1) is 0 Å². The molecule has 0 spiro atoms. The lowest BCUT2D eigenvalue weighted by Crippen LogP contribution is -2.62. The standard InChI is InChI=1S/C26H30N2O6/c29-15-12-22(23(30)31)27-24(32)26(13-6-1-7-14-26)28-25(33)34-16-21-19-10-4-2-8-17(19)18-9-3-5-11-20(18)21/h2-5,8-11,21-22,29H,1,6-7,12-16H2,(H,27,32)(H,28,33)(H,30,31)/t22-/m0/s1. The number of rotatable bonds is 8. The first-order valence-corrected chi connectivity index (χ1v) is 11.7. The van der Waals surface area contributed by atoms with E-state index >= 15 is 0 Å². The Hall–Kier alpha value is -3.39. The minimum absolute atomic E-state index is 0.102. The molecule has 0 bridgehead atoms. The van der Waals surface area contributed by atoms with Crippen LogP contribution in [0.2, 0.25) is 0 Å². The summed E-state index contributed by atoms with van der Waals surface area (Å²) in [7, 11) is 0. The average Bonchev–Trinajstić information content (AvgIpc) is 3.16. The summed E-state index contributed by atoms with van der Waals surface area (Å²) in [6.45, 7) is -0.246. The van der Waals surface area contributed by atoms with E-state index in [0.29, 0.717) is 12.8 Å². The lowest BCUT2D eigenvalue weighted by molar-refractivity contribution is -0.143. The third-order valence-electron chi connectivity index (χ3n) is 6.85. The van der Waals surface area contributed by atoms with E-state index in [4.69, 9.17) is 9.84 Å². The van der Waals surface area contributed by atoms with Crippen LogP contribution in [0, 0.1) is 0 Å². The summed E-state index contributed by atoms with van der Waals surface area (Å²) in [5, 5.41) is 23.7. The van der Waals surface area contributed by atoms with Crippen molar-refractivity contribution in [2.45, 2.75) is 56.0 Å². The molecule has 4 rings (SSSR count). The third-order valence-corrected chi connectivity index (χ3v) is 6.85. The molecule has 0 saturated heterocycles. The molecule has 0 aliphatic heterocycles. The highest BCUT2D eigenvalue weighted by molar-refractivity contribution is 5.93. The van der Waals surface area contributed by atoms with Gasteiger partial charge in [0.15, 0.2) is 0 Å². The summed E-state index contributed by atoms with van der Waals surface area (Å²) >= 11 is 0. The molecule has 0 radical (unpaired) electrons. The first kappa shape index (κ1) is 23.8. The van der Waals surface area contributed by atoms with E-state index in [0.717, 1.165) is 41.5 Å². The van der Waals surface area contributed by atoms with Crippen LogP contribution in [-0.4, -0.2) is 53.0 Å². The van der Waals surface area contributed by atoms with Crippen LogP contribution in [0.3, 0.4) is 0 Å².